The molecule has 1 aromatic rings. The first-order valence-electron chi connectivity index (χ1n) is 6.33. The van der Waals surface area contributed by atoms with Gasteiger partial charge < -0.3 is 9.47 Å². The Morgan fingerprint density at radius 1 is 1.30 bits per heavy atom. The number of amides is 1. The van der Waals surface area contributed by atoms with Crippen LogP contribution in [-0.4, -0.2) is 25.1 Å². The summed E-state index contributed by atoms with van der Waals surface area (Å²) < 4.78 is 10.4. The monoisotopic (exact) mass is 279 g/mol. The zero-order valence-electron chi connectivity index (χ0n) is 12.8. The zero-order chi connectivity index (χ0) is 15.5. The molecule has 0 saturated heterocycles. The predicted molar refractivity (Wildman–Crippen MR) is 77.7 cm³/mol. The van der Waals surface area contributed by atoms with Crippen molar-refractivity contribution >= 4 is 18.1 Å². The molecule has 0 aliphatic carbocycles. The van der Waals surface area contributed by atoms with Crippen LogP contribution in [0.15, 0.2) is 6.07 Å². The second kappa shape index (κ2) is 5.94. The van der Waals surface area contributed by atoms with Gasteiger partial charge in [0.1, 0.15) is 5.60 Å². The highest BCUT2D eigenvalue weighted by Gasteiger charge is 2.20. The van der Waals surface area contributed by atoms with E-state index in [9.17, 15) is 9.59 Å². The van der Waals surface area contributed by atoms with Gasteiger partial charge in [0, 0.05) is 0 Å². The van der Waals surface area contributed by atoms with Crippen molar-refractivity contribution in [1.29, 1.82) is 0 Å². The Morgan fingerprint density at radius 2 is 1.90 bits per heavy atom. The number of anilines is 1. The SMILES string of the molecule is COc1c(NC(=O)OC(C)(C)C)cc(C)c(C)c1C=O. The molecule has 0 aliphatic rings. The third-order valence-corrected chi connectivity index (χ3v) is 2.80. The van der Waals surface area contributed by atoms with E-state index in [-0.39, 0.29) is 0 Å². The minimum atomic E-state index is -0.593. The van der Waals surface area contributed by atoms with E-state index in [1.807, 2.05) is 13.8 Å². The summed E-state index contributed by atoms with van der Waals surface area (Å²) in [5.74, 6) is 0.342. The Labute approximate surface area is 119 Å². The second-order valence-corrected chi connectivity index (χ2v) is 5.56. The van der Waals surface area contributed by atoms with Crippen LogP contribution >= 0.6 is 0 Å². The molecule has 1 rings (SSSR count). The number of nitrogens with one attached hydrogen (secondary N) is 1. The molecule has 0 unspecified atom stereocenters. The normalized spacial score (nSPS) is 10.9. The van der Waals surface area contributed by atoms with Crippen LogP contribution in [0.1, 0.15) is 42.3 Å². The van der Waals surface area contributed by atoms with E-state index in [1.165, 1.54) is 7.11 Å². The number of benzene rings is 1. The lowest BCUT2D eigenvalue weighted by atomic mass is 10.0. The Morgan fingerprint density at radius 3 is 2.35 bits per heavy atom. The molecule has 0 spiro atoms. The summed E-state index contributed by atoms with van der Waals surface area (Å²) in [6.07, 6.45) is 0.137. The highest BCUT2D eigenvalue weighted by atomic mass is 16.6. The molecule has 5 heteroatoms. The van der Waals surface area contributed by atoms with Gasteiger partial charge in [-0.1, -0.05) is 0 Å². The minimum Gasteiger partial charge on any atom is -0.494 e. The average molecular weight is 279 g/mol. The molecule has 0 aromatic heterocycles. The number of aldehydes is 1. The maximum atomic E-state index is 11.8. The van der Waals surface area contributed by atoms with E-state index in [0.717, 1.165) is 17.4 Å². The standard InChI is InChI=1S/C15H21NO4/c1-9-7-12(16-14(18)20-15(3,4)5)13(19-6)11(8-17)10(9)2/h7-8H,1-6H3,(H,16,18). The summed E-state index contributed by atoms with van der Waals surface area (Å²) in [5, 5.41) is 2.62. The van der Waals surface area contributed by atoms with Crippen LogP contribution < -0.4 is 10.1 Å². The number of hydrogen-bond acceptors (Lipinski definition) is 4. The van der Waals surface area contributed by atoms with Gasteiger partial charge in [0.05, 0.1) is 18.4 Å². The van der Waals surface area contributed by atoms with Gasteiger partial charge in [-0.2, -0.15) is 0 Å². The first kappa shape index (κ1) is 16.0. The molecular weight excluding hydrogens is 258 g/mol. The van der Waals surface area contributed by atoms with Crippen LogP contribution in [0.5, 0.6) is 5.75 Å². The third kappa shape index (κ3) is 3.73. The summed E-state index contributed by atoms with van der Waals surface area (Å²) in [5.41, 5.74) is 1.97. The molecule has 1 amide bonds. The Bertz CT molecular complexity index is 530. The van der Waals surface area contributed by atoms with E-state index < -0.39 is 11.7 Å². The lowest BCUT2D eigenvalue weighted by Crippen LogP contribution is -2.27. The number of hydrogen-bond donors (Lipinski definition) is 1. The van der Waals surface area contributed by atoms with Crippen molar-refractivity contribution in [1.82, 2.24) is 0 Å². The van der Waals surface area contributed by atoms with Crippen molar-refractivity contribution in [3.8, 4) is 5.75 Å². The number of methoxy groups -OCH3 is 1. The summed E-state index contributed by atoms with van der Waals surface area (Å²) in [4.78, 5) is 23.0. The van der Waals surface area contributed by atoms with Gasteiger partial charge >= 0.3 is 6.09 Å². The average Bonchev–Trinajstić information content (AvgIpc) is 2.30. The molecule has 1 N–H and O–H groups in total. The van der Waals surface area contributed by atoms with Crippen LogP contribution in [0.4, 0.5) is 10.5 Å². The van der Waals surface area contributed by atoms with Gasteiger partial charge in [-0.15, -0.1) is 0 Å². The van der Waals surface area contributed by atoms with Gasteiger partial charge in [0.25, 0.3) is 0 Å². The molecule has 0 aliphatic heterocycles. The topological polar surface area (TPSA) is 64.6 Å². The summed E-state index contributed by atoms with van der Waals surface area (Å²) in [6, 6.07) is 1.76. The van der Waals surface area contributed by atoms with E-state index in [1.54, 1.807) is 26.8 Å². The molecular formula is C15H21NO4. The van der Waals surface area contributed by atoms with Gasteiger partial charge in [-0.3, -0.25) is 10.1 Å². The Kier molecular flexibility index (Phi) is 4.76. The molecule has 1 aromatic carbocycles. The molecule has 20 heavy (non-hydrogen) atoms. The summed E-state index contributed by atoms with van der Waals surface area (Å²) >= 11 is 0. The number of rotatable bonds is 3. The fraction of sp³-hybridized carbons (Fsp3) is 0.467. The van der Waals surface area contributed by atoms with E-state index >= 15 is 0 Å². The van der Waals surface area contributed by atoms with E-state index in [2.05, 4.69) is 5.32 Å². The highest BCUT2D eigenvalue weighted by molar-refractivity contribution is 5.93. The van der Waals surface area contributed by atoms with Crippen molar-refractivity contribution in [2.24, 2.45) is 0 Å². The fourth-order valence-electron chi connectivity index (χ4n) is 1.79. The van der Waals surface area contributed by atoms with Crippen molar-refractivity contribution in [3.05, 3.63) is 22.8 Å². The largest absolute Gasteiger partial charge is 0.494 e. The quantitative estimate of drug-likeness (QED) is 0.860. The second-order valence-electron chi connectivity index (χ2n) is 5.56. The van der Waals surface area contributed by atoms with Crippen LogP contribution in [0.2, 0.25) is 0 Å². The first-order chi connectivity index (χ1) is 9.19. The third-order valence-electron chi connectivity index (χ3n) is 2.80. The van der Waals surface area contributed by atoms with E-state index in [4.69, 9.17) is 9.47 Å². The highest BCUT2D eigenvalue weighted by Crippen LogP contribution is 2.32. The maximum Gasteiger partial charge on any atom is 0.412 e. The molecule has 0 bridgehead atoms. The number of aryl methyl sites for hydroxylation is 1. The summed E-state index contributed by atoms with van der Waals surface area (Å²) in [6.45, 7) is 9.03. The Hall–Kier alpha value is -2.04. The number of carbonyl (C=O) groups is 2. The van der Waals surface area contributed by atoms with Crippen LogP contribution in [0, 0.1) is 13.8 Å². The maximum absolute atomic E-state index is 11.8. The molecule has 0 fully saturated rings. The van der Waals surface area contributed by atoms with Crippen LogP contribution in [0.25, 0.3) is 0 Å². The lowest BCUT2D eigenvalue weighted by Gasteiger charge is -2.21. The van der Waals surface area contributed by atoms with Crippen molar-refractivity contribution in [3.63, 3.8) is 0 Å². The van der Waals surface area contributed by atoms with Crippen molar-refractivity contribution in [2.45, 2.75) is 40.2 Å². The van der Waals surface area contributed by atoms with Crippen LogP contribution in [0.3, 0.4) is 0 Å². The number of ether oxygens (including phenoxy) is 2. The smallest absolute Gasteiger partial charge is 0.412 e. The molecule has 0 saturated carbocycles. The van der Waals surface area contributed by atoms with Gasteiger partial charge in [0.15, 0.2) is 12.0 Å². The zero-order valence-corrected chi connectivity index (χ0v) is 12.8. The number of carbonyl (C=O) groups excluding carboxylic acids is 2. The molecule has 5 nitrogen and oxygen atoms in total. The lowest BCUT2D eigenvalue weighted by molar-refractivity contribution is 0.0635. The summed E-state index contributed by atoms with van der Waals surface area (Å²) in [7, 11) is 1.46. The minimum absolute atomic E-state index is 0.342. The predicted octanol–water partition coefficient (Wildman–Crippen LogP) is 3.47. The van der Waals surface area contributed by atoms with Crippen molar-refractivity contribution in [2.75, 3.05) is 12.4 Å². The van der Waals surface area contributed by atoms with Gasteiger partial charge in [-0.05, 0) is 51.8 Å². The van der Waals surface area contributed by atoms with E-state index in [0.29, 0.717) is 17.0 Å². The molecule has 0 heterocycles. The first-order valence-corrected chi connectivity index (χ1v) is 6.33. The van der Waals surface area contributed by atoms with Crippen LogP contribution in [-0.2, 0) is 4.74 Å². The molecule has 0 radical (unpaired) electrons. The fourth-order valence-corrected chi connectivity index (χ4v) is 1.79. The van der Waals surface area contributed by atoms with Gasteiger partial charge in [0.2, 0.25) is 0 Å². The Balaban J connectivity index is 3.15. The molecule has 0 atom stereocenters. The molecule has 110 valence electrons. The van der Waals surface area contributed by atoms with Crippen molar-refractivity contribution < 1.29 is 19.1 Å². The van der Waals surface area contributed by atoms with Gasteiger partial charge in [-0.25, -0.2) is 4.79 Å².